The van der Waals surface area contributed by atoms with Crippen molar-refractivity contribution < 1.29 is 0 Å². The number of nitrogens with one attached hydrogen (secondary N) is 2. The molecule has 0 bridgehead atoms. The Morgan fingerprint density at radius 1 is 1.24 bits per heavy atom. The average molecular weight is 231 g/mol. The molecule has 0 spiro atoms. The molecule has 0 saturated carbocycles. The molecular formula is C14H21N3. The molecule has 0 unspecified atom stereocenters. The highest BCUT2D eigenvalue weighted by molar-refractivity contribution is 5.83. The number of hydrogen-bond acceptors (Lipinski definition) is 2. The fraction of sp³-hybridized carbons (Fsp3) is 0.429. The number of fused-ring (bicyclic) bond motifs is 1. The summed E-state index contributed by atoms with van der Waals surface area (Å²) in [5.41, 5.74) is 2.65. The lowest BCUT2D eigenvalue weighted by atomic mass is 10.1. The van der Waals surface area contributed by atoms with Crippen LogP contribution in [-0.4, -0.2) is 43.6 Å². The zero-order valence-corrected chi connectivity index (χ0v) is 10.7. The lowest BCUT2D eigenvalue weighted by Crippen LogP contribution is -2.28. The van der Waals surface area contributed by atoms with Gasteiger partial charge < -0.3 is 15.2 Å². The van der Waals surface area contributed by atoms with Gasteiger partial charge in [0.15, 0.2) is 0 Å². The summed E-state index contributed by atoms with van der Waals surface area (Å²) in [4.78, 5) is 5.68. The summed E-state index contributed by atoms with van der Waals surface area (Å²) in [5, 5.41) is 4.53. The van der Waals surface area contributed by atoms with Crippen molar-refractivity contribution in [2.24, 2.45) is 0 Å². The van der Waals surface area contributed by atoms with Crippen molar-refractivity contribution in [1.29, 1.82) is 0 Å². The first-order chi connectivity index (χ1) is 8.31. The molecule has 2 aromatic rings. The first kappa shape index (κ1) is 12.1. The van der Waals surface area contributed by atoms with E-state index in [-0.39, 0.29) is 0 Å². The fourth-order valence-corrected chi connectivity index (χ4v) is 2.06. The molecule has 0 atom stereocenters. The van der Waals surface area contributed by atoms with E-state index in [9.17, 15) is 0 Å². The maximum absolute atomic E-state index is 3.32. The Morgan fingerprint density at radius 2 is 2.06 bits per heavy atom. The van der Waals surface area contributed by atoms with E-state index in [0.29, 0.717) is 0 Å². The van der Waals surface area contributed by atoms with Crippen LogP contribution in [0, 0.1) is 0 Å². The molecule has 0 fully saturated rings. The second-order valence-electron chi connectivity index (χ2n) is 4.52. The Hall–Kier alpha value is -1.32. The van der Waals surface area contributed by atoms with Gasteiger partial charge in [0.1, 0.15) is 0 Å². The molecule has 0 aliphatic carbocycles. The SMILES string of the molecule is CNCCN(C)CCc1c[nH]c2ccccc12. The van der Waals surface area contributed by atoms with Gasteiger partial charge in [0.25, 0.3) is 0 Å². The fourth-order valence-electron chi connectivity index (χ4n) is 2.06. The highest BCUT2D eigenvalue weighted by Crippen LogP contribution is 2.17. The molecular weight excluding hydrogens is 210 g/mol. The molecule has 0 aliphatic heterocycles. The number of hydrogen-bond donors (Lipinski definition) is 2. The second-order valence-corrected chi connectivity index (χ2v) is 4.52. The summed E-state index contributed by atoms with van der Waals surface area (Å²) in [6, 6.07) is 8.49. The molecule has 92 valence electrons. The summed E-state index contributed by atoms with van der Waals surface area (Å²) in [6.45, 7) is 3.24. The van der Waals surface area contributed by atoms with Crippen LogP contribution in [0.15, 0.2) is 30.5 Å². The number of nitrogens with zero attached hydrogens (tertiary/aromatic N) is 1. The molecule has 0 radical (unpaired) electrons. The van der Waals surface area contributed by atoms with Crippen LogP contribution in [0.1, 0.15) is 5.56 Å². The van der Waals surface area contributed by atoms with Gasteiger partial charge in [-0.15, -0.1) is 0 Å². The Bertz CT molecular complexity index is 461. The van der Waals surface area contributed by atoms with Crippen LogP contribution >= 0.6 is 0 Å². The smallest absolute Gasteiger partial charge is 0.0456 e. The van der Waals surface area contributed by atoms with Gasteiger partial charge in [-0.1, -0.05) is 18.2 Å². The predicted octanol–water partition coefficient (Wildman–Crippen LogP) is 1.86. The van der Waals surface area contributed by atoms with Gasteiger partial charge in [-0.05, 0) is 32.1 Å². The average Bonchev–Trinajstić information content (AvgIpc) is 2.77. The molecule has 2 N–H and O–H groups in total. The van der Waals surface area contributed by atoms with E-state index in [2.05, 4.69) is 52.7 Å². The van der Waals surface area contributed by atoms with E-state index in [4.69, 9.17) is 0 Å². The van der Waals surface area contributed by atoms with Crippen LogP contribution in [-0.2, 0) is 6.42 Å². The van der Waals surface area contributed by atoms with E-state index < -0.39 is 0 Å². The van der Waals surface area contributed by atoms with Crippen LogP contribution in [0.5, 0.6) is 0 Å². The lowest BCUT2D eigenvalue weighted by molar-refractivity contribution is 0.340. The number of aromatic amines is 1. The first-order valence-electron chi connectivity index (χ1n) is 6.19. The third-order valence-corrected chi connectivity index (χ3v) is 3.18. The predicted molar refractivity (Wildman–Crippen MR) is 73.4 cm³/mol. The van der Waals surface area contributed by atoms with Crippen LogP contribution < -0.4 is 5.32 Å². The van der Waals surface area contributed by atoms with Crippen molar-refractivity contribution in [3.8, 4) is 0 Å². The van der Waals surface area contributed by atoms with Crippen molar-refractivity contribution in [2.45, 2.75) is 6.42 Å². The minimum atomic E-state index is 1.05. The van der Waals surface area contributed by atoms with E-state index in [1.54, 1.807) is 0 Å². The van der Waals surface area contributed by atoms with Crippen molar-refractivity contribution in [2.75, 3.05) is 33.7 Å². The third kappa shape index (κ3) is 3.08. The summed E-state index contributed by atoms with van der Waals surface area (Å²) >= 11 is 0. The van der Waals surface area contributed by atoms with Crippen molar-refractivity contribution in [1.82, 2.24) is 15.2 Å². The minimum Gasteiger partial charge on any atom is -0.361 e. The Balaban J connectivity index is 1.95. The number of para-hydroxylation sites is 1. The van der Waals surface area contributed by atoms with Gasteiger partial charge in [0, 0.05) is 36.7 Å². The van der Waals surface area contributed by atoms with Crippen LogP contribution in [0.2, 0.25) is 0 Å². The minimum absolute atomic E-state index is 1.05. The number of rotatable bonds is 6. The largest absolute Gasteiger partial charge is 0.361 e. The summed E-state index contributed by atoms with van der Waals surface area (Å²) in [6.07, 6.45) is 3.24. The zero-order valence-electron chi connectivity index (χ0n) is 10.7. The molecule has 3 nitrogen and oxygen atoms in total. The van der Waals surface area contributed by atoms with Crippen molar-refractivity contribution >= 4 is 10.9 Å². The van der Waals surface area contributed by atoms with E-state index in [0.717, 1.165) is 26.1 Å². The topological polar surface area (TPSA) is 31.1 Å². The van der Waals surface area contributed by atoms with Crippen molar-refractivity contribution in [3.05, 3.63) is 36.0 Å². The monoisotopic (exact) mass is 231 g/mol. The van der Waals surface area contributed by atoms with Gasteiger partial charge in [-0.3, -0.25) is 0 Å². The van der Waals surface area contributed by atoms with E-state index in [1.165, 1.54) is 16.5 Å². The Kier molecular flexibility index (Phi) is 4.18. The molecule has 0 amide bonds. The van der Waals surface area contributed by atoms with Crippen LogP contribution in [0.25, 0.3) is 10.9 Å². The second kappa shape index (κ2) is 5.84. The van der Waals surface area contributed by atoms with Crippen LogP contribution in [0.3, 0.4) is 0 Å². The molecule has 1 aromatic heterocycles. The van der Waals surface area contributed by atoms with Gasteiger partial charge in [0.05, 0.1) is 0 Å². The number of aromatic nitrogens is 1. The van der Waals surface area contributed by atoms with Crippen LogP contribution in [0.4, 0.5) is 0 Å². The zero-order chi connectivity index (χ0) is 12.1. The lowest BCUT2D eigenvalue weighted by Gasteiger charge is -2.15. The molecule has 0 saturated heterocycles. The molecule has 1 heterocycles. The molecule has 0 aliphatic rings. The third-order valence-electron chi connectivity index (χ3n) is 3.18. The highest BCUT2D eigenvalue weighted by Gasteiger charge is 2.04. The van der Waals surface area contributed by atoms with Gasteiger partial charge in [0.2, 0.25) is 0 Å². The number of H-pyrrole nitrogens is 1. The Morgan fingerprint density at radius 3 is 2.88 bits per heavy atom. The van der Waals surface area contributed by atoms with E-state index >= 15 is 0 Å². The normalized spacial score (nSPS) is 11.5. The summed E-state index contributed by atoms with van der Waals surface area (Å²) in [5.74, 6) is 0. The van der Waals surface area contributed by atoms with Gasteiger partial charge >= 0.3 is 0 Å². The first-order valence-corrected chi connectivity index (χ1v) is 6.19. The molecule has 17 heavy (non-hydrogen) atoms. The van der Waals surface area contributed by atoms with Gasteiger partial charge in [-0.25, -0.2) is 0 Å². The maximum Gasteiger partial charge on any atom is 0.0456 e. The van der Waals surface area contributed by atoms with E-state index in [1.807, 2.05) is 7.05 Å². The molecule has 3 heteroatoms. The summed E-state index contributed by atoms with van der Waals surface area (Å²) < 4.78 is 0. The standard InChI is InChI=1S/C14H21N3/c1-15-8-10-17(2)9-7-12-11-16-14-6-4-3-5-13(12)14/h3-6,11,15-16H,7-10H2,1-2H3. The Labute approximate surface area is 103 Å². The number of likely N-dealkylation sites (N-methyl/N-ethyl adjacent to an activating group) is 2. The highest BCUT2D eigenvalue weighted by atomic mass is 15.1. The molecule has 2 rings (SSSR count). The van der Waals surface area contributed by atoms with Crippen molar-refractivity contribution in [3.63, 3.8) is 0 Å². The van der Waals surface area contributed by atoms with Gasteiger partial charge in [-0.2, -0.15) is 0 Å². The maximum atomic E-state index is 3.32. The summed E-state index contributed by atoms with van der Waals surface area (Å²) in [7, 11) is 4.17. The quantitative estimate of drug-likeness (QED) is 0.795. The molecule has 1 aromatic carbocycles. The number of benzene rings is 1.